The molecule has 27 heavy (non-hydrogen) atoms. The standard InChI is InChI=1S/C19H19ClN4O2S/c1-12-10-13(2)18(14(3)11-12)27(25,26)24-16-6-4-15(5-7-16)22-17-8-9-21-19(20)23-17/h4-11,24H,1-3H3,(H,21,22,23). The summed E-state index contributed by atoms with van der Waals surface area (Å²) in [4.78, 5) is 8.18. The smallest absolute Gasteiger partial charge is 0.262 e. The molecule has 1 heterocycles. The van der Waals surface area contributed by atoms with Gasteiger partial charge in [-0.25, -0.2) is 18.4 Å². The van der Waals surface area contributed by atoms with Gasteiger partial charge < -0.3 is 5.32 Å². The Hall–Kier alpha value is -2.64. The quantitative estimate of drug-likeness (QED) is 0.609. The highest BCUT2D eigenvalue weighted by Gasteiger charge is 2.20. The number of sulfonamides is 1. The van der Waals surface area contributed by atoms with Gasteiger partial charge in [0.05, 0.1) is 4.90 Å². The second-order valence-electron chi connectivity index (χ2n) is 6.25. The van der Waals surface area contributed by atoms with Crippen molar-refractivity contribution < 1.29 is 8.42 Å². The third-order valence-corrected chi connectivity index (χ3v) is 5.78. The van der Waals surface area contributed by atoms with Crippen LogP contribution in [0.4, 0.5) is 17.2 Å². The first kappa shape index (κ1) is 19.1. The number of aryl methyl sites for hydroxylation is 3. The highest BCUT2D eigenvalue weighted by atomic mass is 35.5. The molecule has 3 rings (SSSR count). The maximum atomic E-state index is 12.8. The van der Waals surface area contributed by atoms with Crippen LogP contribution in [-0.2, 0) is 10.0 Å². The van der Waals surface area contributed by atoms with E-state index in [1.165, 1.54) is 0 Å². The molecule has 2 N–H and O–H groups in total. The van der Waals surface area contributed by atoms with Crippen LogP contribution in [0.1, 0.15) is 16.7 Å². The number of hydrogen-bond donors (Lipinski definition) is 2. The minimum absolute atomic E-state index is 0.146. The van der Waals surface area contributed by atoms with Crippen molar-refractivity contribution >= 4 is 38.8 Å². The molecule has 0 fully saturated rings. The van der Waals surface area contributed by atoms with Crippen LogP contribution in [0.2, 0.25) is 5.28 Å². The lowest BCUT2D eigenvalue weighted by Gasteiger charge is -2.14. The van der Waals surface area contributed by atoms with E-state index in [2.05, 4.69) is 20.0 Å². The predicted molar refractivity (Wildman–Crippen MR) is 108 cm³/mol. The third kappa shape index (κ3) is 4.56. The van der Waals surface area contributed by atoms with Crippen molar-refractivity contribution in [1.82, 2.24) is 9.97 Å². The summed E-state index contributed by atoms with van der Waals surface area (Å²) in [5.41, 5.74) is 3.69. The van der Waals surface area contributed by atoms with Crippen molar-refractivity contribution in [3.8, 4) is 0 Å². The molecule has 0 aliphatic rings. The summed E-state index contributed by atoms with van der Waals surface area (Å²) < 4.78 is 28.3. The Bertz CT molecular complexity index is 1060. The molecular weight excluding hydrogens is 384 g/mol. The van der Waals surface area contributed by atoms with Gasteiger partial charge in [-0.15, -0.1) is 0 Å². The lowest BCUT2D eigenvalue weighted by Crippen LogP contribution is -2.16. The van der Waals surface area contributed by atoms with Crippen molar-refractivity contribution in [3.05, 3.63) is 70.6 Å². The molecular formula is C19H19ClN4O2S. The fourth-order valence-electron chi connectivity index (χ4n) is 2.97. The van der Waals surface area contributed by atoms with E-state index in [4.69, 9.17) is 11.6 Å². The van der Waals surface area contributed by atoms with Gasteiger partial charge in [0.25, 0.3) is 10.0 Å². The molecule has 140 valence electrons. The summed E-state index contributed by atoms with van der Waals surface area (Å²) in [7, 11) is -3.68. The molecule has 0 atom stereocenters. The molecule has 0 radical (unpaired) electrons. The lowest BCUT2D eigenvalue weighted by molar-refractivity contribution is 0.600. The van der Waals surface area contributed by atoms with Crippen LogP contribution in [0.3, 0.4) is 0 Å². The Kier molecular flexibility index (Phi) is 5.34. The van der Waals surface area contributed by atoms with Crippen LogP contribution >= 0.6 is 11.6 Å². The second-order valence-corrected chi connectivity index (χ2v) is 8.20. The number of nitrogens with one attached hydrogen (secondary N) is 2. The molecule has 6 nitrogen and oxygen atoms in total. The Morgan fingerprint density at radius 1 is 0.926 bits per heavy atom. The lowest BCUT2D eigenvalue weighted by atomic mass is 10.1. The monoisotopic (exact) mass is 402 g/mol. The molecule has 0 saturated carbocycles. The van der Waals surface area contributed by atoms with Crippen molar-refractivity contribution in [2.75, 3.05) is 10.0 Å². The van der Waals surface area contributed by atoms with Crippen molar-refractivity contribution in [1.29, 1.82) is 0 Å². The number of nitrogens with zero attached hydrogens (tertiary/aromatic N) is 2. The largest absolute Gasteiger partial charge is 0.340 e. The molecule has 2 aromatic carbocycles. The van der Waals surface area contributed by atoms with Crippen LogP contribution in [0, 0.1) is 20.8 Å². The number of anilines is 3. The minimum atomic E-state index is -3.68. The van der Waals surface area contributed by atoms with Gasteiger partial charge in [0.15, 0.2) is 0 Å². The number of benzene rings is 2. The van der Waals surface area contributed by atoms with E-state index in [0.717, 1.165) is 22.4 Å². The van der Waals surface area contributed by atoms with E-state index in [1.807, 2.05) is 19.1 Å². The SMILES string of the molecule is Cc1cc(C)c(S(=O)(=O)Nc2ccc(Nc3ccnc(Cl)n3)cc2)c(C)c1. The molecule has 0 aliphatic carbocycles. The van der Waals surface area contributed by atoms with Gasteiger partial charge in [-0.2, -0.15) is 0 Å². The van der Waals surface area contributed by atoms with E-state index in [0.29, 0.717) is 16.4 Å². The molecule has 0 spiro atoms. The van der Waals surface area contributed by atoms with Crippen LogP contribution in [-0.4, -0.2) is 18.4 Å². The average molecular weight is 403 g/mol. The normalized spacial score (nSPS) is 11.3. The van der Waals surface area contributed by atoms with E-state index < -0.39 is 10.0 Å². The molecule has 0 amide bonds. The van der Waals surface area contributed by atoms with Crippen molar-refractivity contribution in [3.63, 3.8) is 0 Å². The number of rotatable bonds is 5. The Morgan fingerprint density at radius 2 is 1.52 bits per heavy atom. The molecule has 0 aliphatic heterocycles. The van der Waals surface area contributed by atoms with Crippen molar-refractivity contribution in [2.45, 2.75) is 25.7 Å². The summed E-state index contributed by atoms with van der Waals surface area (Å²) in [5, 5.41) is 3.22. The topological polar surface area (TPSA) is 84.0 Å². The summed E-state index contributed by atoms with van der Waals surface area (Å²) in [5.74, 6) is 0.550. The first-order chi connectivity index (χ1) is 12.7. The summed E-state index contributed by atoms with van der Waals surface area (Å²) in [6.45, 7) is 5.54. The van der Waals surface area contributed by atoms with Crippen LogP contribution in [0.15, 0.2) is 53.6 Å². The van der Waals surface area contributed by atoms with E-state index >= 15 is 0 Å². The third-order valence-electron chi connectivity index (χ3n) is 3.91. The first-order valence-electron chi connectivity index (χ1n) is 8.21. The fourth-order valence-corrected chi connectivity index (χ4v) is 4.63. The number of halogens is 1. The predicted octanol–water partition coefficient (Wildman–Crippen LogP) is 4.60. The Balaban J connectivity index is 1.80. The highest BCUT2D eigenvalue weighted by molar-refractivity contribution is 7.92. The van der Waals surface area contributed by atoms with Gasteiger partial charge in [-0.1, -0.05) is 17.7 Å². The average Bonchev–Trinajstić information content (AvgIpc) is 2.55. The second kappa shape index (κ2) is 7.54. The van der Waals surface area contributed by atoms with Gasteiger partial charge in [0.1, 0.15) is 5.82 Å². The molecule has 8 heteroatoms. The first-order valence-corrected chi connectivity index (χ1v) is 10.1. The Labute approximate surface area is 163 Å². The van der Waals surface area contributed by atoms with E-state index in [1.54, 1.807) is 50.4 Å². The molecule has 0 bridgehead atoms. The van der Waals surface area contributed by atoms with Crippen LogP contribution in [0.5, 0.6) is 0 Å². The van der Waals surface area contributed by atoms with E-state index in [9.17, 15) is 8.42 Å². The summed E-state index contributed by atoms with van der Waals surface area (Å²) >= 11 is 5.76. The van der Waals surface area contributed by atoms with Gasteiger partial charge in [-0.3, -0.25) is 4.72 Å². The van der Waals surface area contributed by atoms with Crippen molar-refractivity contribution in [2.24, 2.45) is 0 Å². The van der Waals surface area contributed by atoms with Gasteiger partial charge in [-0.05, 0) is 73.8 Å². The highest BCUT2D eigenvalue weighted by Crippen LogP contribution is 2.25. The minimum Gasteiger partial charge on any atom is -0.340 e. The molecule has 3 aromatic rings. The summed E-state index contributed by atoms with van der Waals surface area (Å²) in [6.07, 6.45) is 1.55. The molecule has 0 unspecified atom stereocenters. The number of hydrogen-bond acceptors (Lipinski definition) is 5. The summed E-state index contributed by atoms with van der Waals surface area (Å²) in [6, 6.07) is 12.3. The molecule has 1 aromatic heterocycles. The van der Waals surface area contributed by atoms with Crippen LogP contribution in [0.25, 0.3) is 0 Å². The Morgan fingerprint density at radius 3 is 2.11 bits per heavy atom. The van der Waals surface area contributed by atoms with Gasteiger partial charge >= 0.3 is 0 Å². The van der Waals surface area contributed by atoms with Gasteiger partial charge in [0.2, 0.25) is 5.28 Å². The fraction of sp³-hybridized carbons (Fsp3) is 0.158. The maximum absolute atomic E-state index is 12.8. The zero-order chi connectivity index (χ0) is 19.6. The van der Waals surface area contributed by atoms with Crippen LogP contribution < -0.4 is 10.0 Å². The maximum Gasteiger partial charge on any atom is 0.262 e. The zero-order valence-electron chi connectivity index (χ0n) is 15.1. The van der Waals surface area contributed by atoms with Gasteiger partial charge in [0, 0.05) is 17.6 Å². The molecule has 0 saturated heterocycles. The number of aromatic nitrogens is 2. The van der Waals surface area contributed by atoms with E-state index in [-0.39, 0.29) is 5.28 Å². The zero-order valence-corrected chi connectivity index (χ0v) is 16.7.